The van der Waals surface area contributed by atoms with E-state index < -0.39 is 10.2 Å². The number of hydrogen-bond acceptors (Lipinski definition) is 3. The molecule has 6 heteroatoms. The van der Waals surface area contributed by atoms with Crippen molar-refractivity contribution in [2.75, 3.05) is 19.6 Å². The zero-order valence-corrected chi connectivity index (χ0v) is 12.8. The molecule has 1 saturated heterocycles. The molecule has 0 radical (unpaired) electrons. The van der Waals surface area contributed by atoms with Crippen LogP contribution >= 0.6 is 0 Å². The summed E-state index contributed by atoms with van der Waals surface area (Å²) in [7, 11) is -3.27. The Morgan fingerprint density at radius 1 is 1.11 bits per heavy atom. The predicted molar refractivity (Wildman–Crippen MR) is 74.6 cm³/mol. The highest BCUT2D eigenvalue weighted by atomic mass is 32.2. The first-order chi connectivity index (χ1) is 8.31. The van der Waals surface area contributed by atoms with Crippen molar-refractivity contribution in [3.63, 3.8) is 0 Å². The van der Waals surface area contributed by atoms with Gasteiger partial charge in [0, 0.05) is 25.2 Å². The third-order valence-corrected chi connectivity index (χ3v) is 4.93. The number of hydrogen-bond donors (Lipinski definition) is 2. The van der Waals surface area contributed by atoms with Crippen LogP contribution in [-0.2, 0) is 10.2 Å². The van der Waals surface area contributed by atoms with Crippen molar-refractivity contribution in [1.29, 1.82) is 0 Å². The van der Waals surface area contributed by atoms with Crippen molar-refractivity contribution in [2.24, 2.45) is 5.92 Å². The quantitative estimate of drug-likeness (QED) is 0.759. The Bertz CT molecular complexity index is 333. The second-order valence-electron chi connectivity index (χ2n) is 5.68. The molecule has 0 aromatic heterocycles. The molecule has 2 N–H and O–H groups in total. The van der Waals surface area contributed by atoms with E-state index in [9.17, 15) is 8.42 Å². The Morgan fingerprint density at radius 2 is 1.67 bits per heavy atom. The van der Waals surface area contributed by atoms with Gasteiger partial charge < -0.3 is 5.32 Å². The smallest absolute Gasteiger partial charge is 0.279 e. The van der Waals surface area contributed by atoms with Crippen LogP contribution in [0.3, 0.4) is 0 Å². The van der Waals surface area contributed by atoms with Crippen molar-refractivity contribution >= 4 is 10.2 Å². The lowest BCUT2D eigenvalue weighted by Crippen LogP contribution is -2.48. The van der Waals surface area contributed by atoms with Crippen LogP contribution in [-0.4, -0.2) is 44.4 Å². The van der Waals surface area contributed by atoms with Gasteiger partial charge in [0.25, 0.3) is 10.2 Å². The first-order valence-corrected chi connectivity index (χ1v) is 8.26. The molecule has 108 valence electrons. The summed E-state index contributed by atoms with van der Waals surface area (Å²) < 4.78 is 28.1. The molecule has 0 aromatic carbocycles. The van der Waals surface area contributed by atoms with E-state index in [1.165, 1.54) is 0 Å². The zero-order chi connectivity index (χ0) is 13.8. The molecule has 0 atom stereocenters. The van der Waals surface area contributed by atoms with Crippen molar-refractivity contribution in [1.82, 2.24) is 14.3 Å². The lowest BCUT2D eigenvalue weighted by atomic mass is 9.98. The topological polar surface area (TPSA) is 61.4 Å². The highest BCUT2D eigenvalue weighted by molar-refractivity contribution is 7.87. The van der Waals surface area contributed by atoms with Gasteiger partial charge in [-0.3, -0.25) is 0 Å². The van der Waals surface area contributed by atoms with Crippen LogP contribution in [0, 0.1) is 5.92 Å². The SMILES string of the molecule is CC(C)NCC1CCN(S(=O)(=O)NC(C)C)CC1. The lowest BCUT2D eigenvalue weighted by molar-refractivity contribution is 0.261. The molecule has 0 spiro atoms. The van der Waals surface area contributed by atoms with Crippen molar-refractivity contribution in [3.8, 4) is 0 Å². The Hall–Kier alpha value is -0.170. The summed E-state index contributed by atoms with van der Waals surface area (Å²) in [6.07, 6.45) is 1.89. The molecule has 1 aliphatic heterocycles. The molecular weight excluding hydrogens is 250 g/mol. The zero-order valence-electron chi connectivity index (χ0n) is 11.9. The van der Waals surface area contributed by atoms with E-state index in [0.717, 1.165) is 19.4 Å². The van der Waals surface area contributed by atoms with Gasteiger partial charge in [0.1, 0.15) is 0 Å². The maximum Gasteiger partial charge on any atom is 0.279 e. The molecule has 0 aromatic rings. The van der Waals surface area contributed by atoms with Crippen LogP contribution in [0.15, 0.2) is 0 Å². The van der Waals surface area contributed by atoms with Gasteiger partial charge in [-0.1, -0.05) is 13.8 Å². The van der Waals surface area contributed by atoms with Crippen LogP contribution < -0.4 is 10.0 Å². The average Bonchev–Trinajstić information content (AvgIpc) is 2.25. The fourth-order valence-electron chi connectivity index (χ4n) is 2.13. The molecule has 18 heavy (non-hydrogen) atoms. The maximum absolute atomic E-state index is 12.0. The number of nitrogens with zero attached hydrogens (tertiary/aromatic N) is 1. The Balaban J connectivity index is 2.39. The monoisotopic (exact) mass is 277 g/mol. The summed E-state index contributed by atoms with van der Waals surface area (Å²) in [5.74, 6) is 0.595. The first-order valence-electron chi connectivity index (χ1n) is 6.82. The van der Waals surface area contributed by atoms with Gasteiger partial charge in [-0.2, -0.15) is 17.4 Å². The first kappa shape index (κ1) is 15.9. The third kappa shape index (κ3) is 5.22. The summed E-state index contributed by atoms with van der Waals surface area (Å²) in [6.45, 7) is 10.2. The van der Waals surface area contributed by atoms with Crippen LogP contribution in [0.1, 0.15) is 40.5 Å². The fraction of sp³-hybridized carbons (Fsp3) is 1.00. The molecule has 1 rings (SSSR count). The molecule has 0 unspecified atom stereocenters. The maximum atomic E-state index is 12.0. The predicted octanol–water partition coefficient (Wildman–Crippen LogP) is 0.939. The van der Waals surface area contributed by atoms with Crippen LogP contribution in [0.5, 0.6) is 0 Å². The van der Waals surface area contributed by atoms with Gasteiger partial charge in [0.05, 0.1) is 0 Å². The van der Waals surface area contributed by atoms with E-state index in [0.29, 0.717) is 25.0 Å². The van der Waals surface area contributed by atoms with E-state index >= 15 is 0 Å². The number of rotatable bonds is 6. The highest BCUT2D eigenvalue weighted by Crippen LogP contribution is 2.18. The standard InChI is InChI=1S/C12H27N3O2S/c1-10(2)13-9-12-5-7-15(8-6-12)18(16,17)14-11(3)4/h10-14H,5-9H2,1-4H3. The van der Waals surface area contributed by atoms with Crippen molar-refractivity contribution in [2.45, 2.75) is 52.6 Å². The molecule has 1 fully saturated rings. The molecular formula is C12H27N3O2S. The Kier molecular flexibility index (Phi) is 6.04. The van der Waals surface area contributed by atoms with E-state index in [1.807, 2.05) is 13.8 Å². The molecule has 0 aliphatic carbocycles. The second-order valence-corrected chi connectivity index (χ2v) is 7.39. The fourth-order valence-corrected chi connectivity index (χ4v) is 3.56. The average molecular weight is 277 g/mol. The van der Waals surface area contributed by atoms with Crippen LogP contribution in [0.25, 0.3) is 0 Å². The Morgan fingerprint density at radius 3 is 2.11 bits per heavy atom. The number of piperidine rings is 1. The molecule has 5 nitrogen and oxygen atoms in total. The normalized spacial score (nSPS) is 19.9. The minimum Gasteiger partial charge on any atom is -0.314 e. The lowest BCUT2D eigenvalue weighted by Gasteiger charge is -2.32. The van der Waals surface area contributed by atoms with E-state index in [2.05, 4.69) is 23.9 Å². The Labute approximate surface area is 112 Å². The van der Waals surface area contributed by atoms with Gasteiger partial charge in [-0.05, 0) is 39.2 Å². The van der Waals surface area contributed by atoms with Crippen LogP contribution in [0.4, 0.5) is 0 Å². The van der Waals surface area contributed by atoms with Crippen molar-refractivity contribution < 1.29 is 8.42 Å². The van der Waals surface area contributed by atoms with E-state index in [4.69, 9.17) is 0 Å². The second kappa shape index (κ2) is 6.84. The van der Waals surface area contributed by atoms with Gasteiger partial charge >= 0.3 is 0 Å². The van der Waals surface area contributed by atoms with E-state index in [1.54, 1.807) is 4.31 Å². The molecule has 1 aliphatic rings. The van der Waals surface area contributed by atoms with Gasteiger partial charge in [-0.25, -0.2) is 0 Å². The molecule has 1 heterocycles. The summed E-state index contributed by atoms with van der Waals surface area (Å²) in [4.78, 5) is 0. The third-order valence-electron chi connectivity index (χ3n) is 3.11. The van der Waals surface area contributed by atoms with Crippen molar-refractivity contribution in [3.05, 3.63) is 0 Å². The van der Waals surface area contributed by atoms with E-state index in [-0.39, 0.29) is 6.04 Å². The minimum absolute atomic E-state index is 0.0460. The summed E-state index contributed by atoms with van der Waals surface area (Å²) in [6, 6.07) is 0.449. The molecule has 0 bridgehead atoms. The van der Waals surface area contributed by atoms with Gasteiger partial charge in [-0.15, -0.1) is 0 Å². The van der Waals surface area contributed by atoms with Crippen LogP contribution in [0.2, 0.25) is 0 Å². The highest BCUT2D eigenvalue weighted by Gasteiger charge is 2.28. The number of nitrogens with one attached hydrogen (secondary N) is 2. The molecule has 0 amide bonds. The summed E-state index contributed by atoms with van der Waals surface area (Å²) in [5, 5.41) is 3.42. The largest absolute Gasteiger partial charge is 0.314 e. The summed E-state index contributed by atoms with van der Waals surface area (Å²) in [5.41, 5.74) is 0. The van der Waals surface area contributed by atoms with Gasteiger partial charge in [0.2, 0.25) is 0 Å². The van der Waals surface area contributed by atoms with Gasteiger partial charge in [0.15, 0.2) is 0 Å². The molecule has 0 saturated carbocycles. The summed E-state index contributed by atoms with van der Waals surface area (Å²) >= 11 is 0. The minimum atomic E-state index is -3.27.